The van der Waals surface area contributed by atoms with Crippen LogP contribution in [0, 0.1) is 5.82 Å². The third-order valence-corrected chi connectivity index (χ3v) is 5.34. The van der Waals surface area contributed by atoms with Gasteiger partial charge in [0.25, 0.3) is 5.91 Å². The standard InChI is InChI=1S/C20H25FN6O2/c1-22-19-16(12-10-23-24-11-12)3-4-18(26-19)27-6-5-17(20(27)28)25-14-7-13(21)8-15(9-14)29-2/h3-4,7-9,12,17,23-25H,5-6,10-11H2,1-2H3,(H,22,26). The smallest absolute Gasteiger partial charge is 0.250 e. The van der Waals surface area contributed by atoms with Crippen LogP contribution in [-0.2, 0) is 4.79 Å². The summed E-state index contributed by atoms with van der Waals surface area (Å²) in [5.41, 5.74) is 7.88. The Hall–Kier alpha value is -2.91. The average molecular weight is 400 g/mol. The van der Waals surface area contributed by atoms with Gasteiger partial charge in [-0.1, -0.05) is 6.07 Å². The van der Waals surface area contributed by atoms with Crippen LogP contribution in [0.2, 0.25) is 0 Å². The number of rotatable bonds is 6. The van der Waals surface area contributed by atoms with E-state index < -0.39 is 11.9 Å². The van der Waals surface area contributed by atoms with E-state index in [1.54, 1.807) is 11.0 Å². The van der Waals surface area contributed by atoms with Gasteiger partial charge in [-0.2, -0.15) is 0 Å². The molecule has 154 valence electrons. The minimum absolute atomic E-state index is 0.0836. The summed E-state index contributed by atoms with van der Waals surface area (Å²) in [4.78, 5) is 19.3. The van der Waals surface area contributed by atoms with Gasteiger partial charge in [0.1, 0.15) is 29.2 Å². The predicted molar refractivity (Wildman–Crippen MR) is 110 cm³/mol. The summed E-state index contributed by atoms with van der Waals surface area (Å²) in [7, 11) is 3.31. The van der Waals surface area contributed by atoms with E-state index in [4.69, 9.17) is 4.74 Å². The number of anilines is 3. The van der Waals surface area contributed by atoms with Gasteiger partial charge in [0.2, 0.25) is 0 Å². The number of hydrogen-bond acceptors (Lipinski definition) is 7. The molecule has 1 amide bonds. The Kier molecular flexibility index (Phi) is 5.50. The quantitative estimate of drug-likeness (QED) is 0.587. The molecule has 3 heterocycles. The Morgan fingerprint density at radius 2 is 2.03 bits per heavy atom. The first-order valence-corrected chi connectivity index (χ1v) is 9.66. The molecule has 0 spiro atoms. The highest BCUT2D eigenvalue weighted by Crippen LogP contribution is 2.29. The van der Waals surface area contributed by atoms with Crippen molar-refractivity contribution in [1.29, 1.82) is 0 Å². The highest BCUT2D eigenvalue weighted by Gasteiger charge is 2.34. The number of carbonyl (C=O) groups is 1. The number of methoxy groups -OCH3 is 1. The number of aromatic nitrogens is 1. The van der Waals surface area contributed by atoms with Crippen molar-refractivity contribution in [3.63, 3.8) is 0 Å². The largest absolute Gasteiger partial charge is 0.497 e. The average Bonchev–Trinajstić information content (AvgIpc) is 3.38. The number of hydrogen-bond donors (Lipinski definition) is 4. The maximum atomic E-state index is 13.7. The molecule has 8 nitrogen and oxygen atoms in total. The Balaban J connectivity index is 1.50. The van der Waals surface area contributed by atoms with Crippen molar-refractivity contribution in [2.75, 3.05) is 49.3 Å². The van der Waals surface area contributed by atoms with Gasteiger partial charge in [-0.25, -0.2) is 9.37 Å². The van der Waals surface area contributed by atoms with Crippen LogP contribution in [0.15, 0.2) is 30.3 Å². The highest BCUT2D eigenvalue weighted by molar-refractivity contribution is 6.00. The zero-order valence-electron chi connectivity index (χ0n) is 16.5. The molecule has 1 atom stereocenters. The number of benzene rings is 1. The molecular weight excluding hydrogens is 375 g/mol. The highest BCUT2D eigenvalue weighted by atomic mass is 19.1. The molecule has 2 aliphatic rings. The van der Waals surface area contributed by atoms with E-state index >= 15 is 0 Å². The molecule has 1 unspecified atom stereocenters. The molecule has 2 fully saturated rings. The molecule has 1 aromatic heterocycles. The number of carbonyl (C=O) groups excluding carboxylic acids is 1. The van der Waals surface area contributed by atoms with Crippen molar-refractivity contribution in [1.82, 2.24) is 15.8 Å². The molecule has 4 N–H and O–H groups in total. The fourth-order valence-electron chi connectivity index (χ4n) is 3.83. The van der Waals surface area contributed by atoms with Crippen molar-refractivity contribution in [2.45, 2.75) is 18.4 Å². The normalized spacial score (nSPS) is 19.6. The Bertz CT molecular complexity index is 903. The van der Waals surface area contributed by atoms with Crippen LogP contribution in [0.3, 0.4) is 0 Å². The fourth-order valence-corrected chi connectivity index (χ4v) is 3.83. The van der Waals surface area contributed by atoms with Crippen molar-refractivity contribution >= 4 is 23.2 Å². The van der Waals surface area contributed by atoms with Crippen molar-refractivity contribution < 1.29 is 13.9 Å². The van der Waals surface area contributed by atoms with Gasteiger partial charge in [0.15, 0.2) is 0 Å². The molecule has 0 saturated carbocycles. The number of pyridine rings is 1. The van der Waals surface area contributed by atoms with Gasteiger partial charge in [0.05, 0.1) is 7.11 Å². The van der Waals surface area contributed by atoms with E-state index in [1.807, 2.05) is 19.2 Å². The van der Waals surface area contributed by atoms with Gasteiger partial charge < -0.3 is 15.4 Å². The summed E-state index contributed by atoms with van der Waals surface area (Å²) in [5, 5.41) is 6.26. The lowest BCUT2D eigenvalue weighted by atomic mass is 10.0. The third kappa shape index (κ3) is 3.96. The first kappa shape index (κ1) is 19.4. The van der Waals surface area contributed by atoms with Crippen molar-refractivity contribution in [3.05, 3.63) is 41.7 Å². The first-order chi connectivity index (χ1) is 14.1. The number of nitrogens with one attached hydrogen (secondary N) is 4. The number of halogens is 1. The molecule has 4 rings (SSSR count). The van der Waals surface area contributed by atoms with Crippen LogP contribution < -0.4 is 31.1 Å². The lowest BCUT2D eigenvalue weighted by Crippen LogP contribution is -2.34. The van der Waals surface area contributed by atoms with E-state index in [-0.39, 0.29) is 5.91 Å². The summed E-state index contributed by atoms with van der Waals surface area (Å²) in [6.07, 6.45) is 0.604. The monoisotopic (exact) mass is 400 g/mol. The SMILES string of the molecule is CNc1nc(N2CCC(Nc3cc(F)cc(OC)c3)C2=O)ccc1C1CNNC1. The van der Waals surface area contributed by atoms with Crippen LogP contribution in [-0.4, -0.2) is 50.7 Å². The third-order valence-electron chi connectivity index (χ3n) is 5.34. The number of nitrogens with zero attached hydrogens (tertiary/aromatic N) is 2. The van der Waals surface area contributed by atoms with Crippen LogP contribution >= 0.6 is 0 Å². The molecule has 0 aliphatic carbocycles. The molecule has 0 bridgehead atoms. The number of ether oxygens (including phenoxy) is 1. The summed E-state index contributed by atoms with van der Waals surface area (Å²) < 4.78 is 18.8. The Labute approximate surface area is 168 Å². The van der Waals surface area contributed by atoms with E-state index in [9.17, 15) is 9.18 Å². The molecular formula is C20H25FN6O2. The first-order valence-electron chi connectivity index (χ1n) is 9.66. The topological polar surface area (TPSA) is 90.6 Å². The molecule has 29 heavy (non-hydrogen) atoms. The van der Waals surface area contributed by atoms with E-state index in [0.29, 0.717) is 36.1 Å². The molecule has 2 aromatic rings. The lowest BCUT2D eigenvalue weighted by Gasteiger charge is -2.20. The second kappa shape index (κ2) is 8.22. The van der Waals surface area contributed by atoms with E-state index in [2.05, 4.69) is 26.5 Å². The molecule has 9 heteroatoms. The molecule has 1 aromatic carbocycles. The second-order valence-corrected chi connectivity index (χ2v) is 7.17. The molecule has 2 aliphatic heterocycles. The lowest BCUT2D eigenvalue weighted by molar-refractivity contribution is -0.117. The van der Waals surface area contributed by atoms with E-state index in [1.165, 1.54) is 19.2 Å². The van der Waals surface area contributed by atoms with Gasteiger partial charge in [-0.3, -0.25) is 20.5 Å². The zero-order chi connectivity index (χ0) is 20.4. The van der Waals surface area contributed by atoms with Gasteiger partial charge in [0, 0.05) is 56.0 Å². The summed E-state index contributed by atoms with van der Waals surface area (Å²) in [6, 6.07) is 7.81. The zero-order valence-corrected chi connectivity index (χ0v) is 16.5. The minimum Gasteiger partial charge on any atom is -0.497 e. The maximum Gasteiger partial charge on any atom is 0.250 e. The van der Waals surface area contributed by atoms with Gasteiger partial charge in [-0.05, 0) is 18.6 Å². The van der Waals surface area contributed by atoms with Crippen molar-refractivity contribution in [2.24, 2.45) is 0 Å². The maximum absolute atomic E-state index is 13.7. The molecule has 2 saturated heterocycles. The summed E-state index contributed by atoms with van der Waals surface area (Å²) >= 11 is 0. The number of amides is 1. The van der Waals surface area contributed by atoms with Gasteiger partial charge >= 0.3 is 0 Å². The van der Waals surface area contributed by atoms with Crippen LogP contribution in [0.1, 0.15) is 17.9 Å². The number of hydrazine groups is 1. The molecule has 0 radical (unpaired) electrons. The fraction of sp³-hybridized carbons (Fsp3) is 0.400. The predicted octanol–water partition coefficient (Wildman–Crippen LogP) is 1.68. The van der Waals surface area contributed by atoms with Gasteiger partial charge in [-0.15, -0.1) is 0 Å². The summed E-state index contributed by atoms with van der Waals surface area (Å²) in [5.74, 6) is 1.62. The Morgan fingerprint density at radius 1 is 1.24 bits per heavy atom. The van der Waals surface area contributed by atoms with Crippen LogP contribution in [0.5, 0.6) is 5.75 Å². The van der Waals surface area contributed by atoms with E-state index in [0.717, 1.165) is 24.5 Å². The van der Waals surface area contributed by atoms with Crippen molar-refractivity contribution in [3.8, 4) is 5.75 Å². The minimum atomic E-state index is -0.441. The van der Waals surface area contributed by atoms with Crippen LogP contribution in [0.4, 0.5) is 21.7 Å². The van der Waals surface area contributed by atoms with Crippen LogP contribution in [0.25, 0.3) is 0 Å². The Morgan fingerprint density at radius 3 is 2.76 bits per heavy atom. The summed E-state index contributed by atoms with van der Waals surface area (Å²) in [6.45, 7) is 2.22. The second-order valence-electron chi connectivity index (χ2n) is 7.17.